The van der Waals surface area contributed by atoms with Crippen molar-refractivity contribution in [3.63, 3.8) is 0 Å². The van der Waals surface area contributed by atoms with Gasteiger partial charge in [0, 0.05) is 6.61 Å². The molecule has 0 aliphatic carbocycles. The number of imidazole rings is 1. The summed E-state index contributed by atoms with van der Waals surface area (Å²) in [6.45, 7) is 1.40. The number of rotatable bonds is 7. The van der Waals surface area contributed by atoms with Crippen molar-refractivity contribution in [2.75, 3.05) is 6.61 Å². The van der Waals surface area contributed by atoms with Crippen LogP contribution in [0.5, 0.6) is 0 Å². The Labute approximate surface area is 172 Å². The average Bonchev–Trinajstić information content (AvgIpc) is 3.36. The molecule has 1 saturated heterocycles. The zero-order valence-electron chi connectivity index (χ0n) is 16.3. The first-order chi connectivity index (χ1) is 14.5. The first kappa shape index (κ1) is 20.0. The van der Waals surface area contributed by atoms with E-state index in [-0.39, 0.29) is 30.5 Å². The fourth-order valence-electron chi connectivity index (χ4n) is 3.69. The van der Waals surface area contributed by atoms with Crippen molar-refractivity contribution in [2.24, 2.45) is 0 Å². The second-order valence-corrected chi connectivity index (χ2v) is 7.31. The molecule has 2 aromatic carbocycles. The summed E-state index contributed by atoms with van der Waals surface area (Å²) in [4.78, 5) is 28.0. The lowest BCUT2D eigenvalue weighted by atomic mass is 10.1. The van der Waals surface area contributed by atoms with Crippen molar-refractivity contribution >= 4 is 22.9 Å². The van der Waals surface area contributed by atoms with E-state index >= 15 is 0 Å². The molecule has 8 heteroatoms. The van der Waals surface area contributed by atoms with Crippen LogP contribution in [-0.2, 0) is 29.0 Å². The molecule has 1 fully saturated rings. The first-order valence-corrected chi connectivity index (χ1v) is 9.83. The van der Waals surface area contributed by atoms with Crippen molar-refractivity contribution in [2.45, 2.75) is 38.5 Å². The van der Waals surface area contributed by atoms with Crippen molar-refractivity contribution in [1.29, 1.82) is 0 Å². The summed E-state index contributed by atoms with van der Waals surface area (Å²) in [5.74, 6) is -1.44. The molecule has 1 aromatic heterocycles. The number of aromatic nitrogens is 2. The Hall–Kier alpha value is -3.26. The normalized spacial score (nSPS) is 16.1. The van der Waals surface area contributed by atoms with Gasteiger partial charge in [-0.15, -0.1) is 0 Å². The van der Waals surface area contributed by atoms with Gasteiger partial charge in [-0.2, -0.15) is 0 Å². The van der Waals surface area contributed by atoms with Crippen molar-refractivity contribution in [1.82, 2.24) is 14.9 Å². The largest absolute Gasteiger partial charge is 0.545 e. The molecule has 0 spiro atoms. The van der Waals surface area contributed by atoms with Crippen LogP contribution in [0.25, 0.3) is 11.0 Å². The van der Waals surface area contributed by atoms with E-state index in [0.717, 1.165) is 18.4 Å². The maximum Gasteiger partial charge on any atom is 0.224 e. The Morgan fingerprint density at radius 1 is 1.27 bits per heavy atom. The van der Waals surface area contributed by atoms with E-state index in [0.29, 0.717) is 30.1 Å². The lowest BCUT2D eigenvalue weighted by molar-refractivity contribution is -0.255. The number of hydrogen-bond donors (Lipinski definition) is 1. The molecule has 0 unspecified atom stereocenters. The Balaban J connectivity index is 1.55. The standard InChI is InChI=1S/C22H22FN3O4/c23-17-6-2-1-4-14(17)11-21(27)24-12-20-25-18-10-15(22(28)29)7-8-19(18)26(20)13-16-5-3-9-30-16/h1-2,4,6-8,10,16H,3,5,9,11-13H2,(H,24,27)(H,28,29)/p-1/t16-/m1/s1. The number of carboxylic acids is 1. The smallest absolute Gasteiger partial charge is 0.224 e. The molecule has 1 atom stereocenters. The van der Waals surface area contributed by atoms with Crippen LogP contribution < -0.4 is 10.4 Å². The van der Waals surface area contributed by atoms with Crippen molar-refractivity contribution < 1.29 is 23.8 Å². The van der Waals surface area contributed by atoms with Gasteiger partial charge in [-0.3, -0.25) is 4.79 Å². The molecular formula is C22H21FN3O4-. The quantitative estimate of drug-likeness (QED) is 0.638. The highest BCUT2D eigenvalue weighted by Gasteiger charge is 2.20. The molecule has 30 heavy (non-hydrogen) atoms. The maximum atomic E-state index is 13.8. The van der Waals surface area contributed by atoms with E-state index in [1.54, 1.807) is 24.3 Å². The van der Waals surface area contributed by atoms with E-state index in [4.69, 9.17) is 4.74 Å². The molecule has 1 aliphatic rings. The third-order valence-electron chi connectivity index (χ3n) is 5.23. The van der Waals surface area contributed by atoms with Crippen molar-refractivity contribution in [3.8, 4) is 0 Å². The molecule has 1 N–H and O–H groups in total. The number of ether oxygens (including phenoxy) is 1. The van der Waals surface area contributed by atoms with E-state index < -0.39 is 11.8 Å². The number of benzene rings is 2. The van der Waals surface area contributed by atoms with Gasteiger partial charge >= 0.3 is 0 Å². The summed E-state index contributed by atoms with van der Waals surface area (Å²) in [7, 11) is 0. The van der Waals surface area contributed by atoms with Gasteiger partial charge < -0.3 is 24.5 Å². The van der Waals surface area contributed by atoms with Gasteiger partial charge in [0.15, 0.2) is 0 Å². The lowest BCUT2D eigenvalue weighted by Crippen LogP contribution is -2.27. The minimum Gasteiger partial charge on any atom is -0.545 e. The van der Waals surface area contributed by atoms with Crippen LogP contribution in [0, 0.1) is 5.82 Å². The highest BCUT2D eigenvalue weighted by atomic mass is 19.1. The summed E-state index contributed by atoms with van der Waals surface area (Å²) < 4.78 is 21.5. The monoisotopic (exact) mass is 410 g/mol. The molecule has 4 rings (SSSR count). The molecule has 1 aliphatic heterocycles. The van der Waals surface area contributed by atoms with Crippen molar-refractivity contribution in [3.05, 3.63) is 65.2 Å². The molecule has 0 radical (unpaired) electrons. The van der Waals surface area contributed by atoms with Gasteiger partial charge in [-0.25, -0.2) is 9.37 Å². The van der Waals surface area contributed by atoms with Gasteiger partial charge in [0.1, 0.15) is 11.6 Å². The van der Waals surface area contributed by atoms with Crippen LogP contribution in [0.3, 0.4) is 0 Å². The van der Waals surface area contributed by atoms with Crippen LogP contribution in [0.1, 0.15) is 34.6 Å². The number of halogens is 1. The molecule has 2 heterocycles. The Bertz CT molecular complexity index is 1090. The minimum absolute atomic E-state index is 0.0380. The van der Waals surface area contributed by atoms with E-state index in [2.05, 4.69) is 10.3 Å². The van der Waals surface area contributed by atoms with E-state index in [9.17, 15) is 19.1 Å². The average molecular weight is 410 g/mol. The summed E-state index contributed by atoms with van der Waals surface area (Å²) in [5, 5.41) is 14.0. The van der Waals surface area contributed by atoms with Crippen LogP contribution in [-0.4, -0.2) is 34.1 Å². The zero-order valence-corrected chi connectivity index (χ0v) is 16.3. The van der Waals surface area contributed by atoms with Crippen LogP contribution >= 0.6 is 0 Å². The molecule has 156 valence electrons. The van der Waals surface area contributed by atoms with E-state index in [1.807, 2.05) is 4.57 Å². The number of fused-ring (bicyclic) bond motifs is 1. The summed E-state index contributed by atoms with van der Waals surface area (Å²) in [6.07, 6.45) is 1.88. The maximum absolute atomic E-state index is 13.8. The first-order valence-electron chi connectivity index (χ1n) is 9.83. The van der Waals surface area contributed by atoms with E-state index in [1.165, 1.54) is 18.2 Å². The third-order valence-corrected chi connectivity index (χ3v) is 5.23. The highest BCUT2D eigenvalue weighted by Crippen LogP contribution is 2.22. The topological polar surface area (TPSA) is 96.3 Å². The number of aromatic carboxylic acids is 1. The number of nitrogens with zero attached hydrogens (tertiary/aromatic N) is 2. The summed E-state index contributed by atoms with van der Waals surface area (Å²) in [5.41, 5.74) is 1.63. The molecular weight excluding hydrogens is 389 g/mol. The predicted octanol–water partition coefficient (Wildman–Crippen LogP) is 1.58. The Morgan fingerprint density at radius 2 is 2.10 bits per heavy atom. The number of carboxylic acid groups (broad SMARTS) is 1. The Kier molecular flexibility index (Phi) is 5.76. The van der Waals surface area contributed by atoms with Gasteiger partial charge in [-0.05, 0) is 42.2 Å². The fourth-order valence-corrected chi connectivity index (χ4v) is 3.69. The van der Waals surface area contributed by atoms with Gasteiger partial charge in [0.2, 0.25) is 5.91 Å². The number of amides is 1. The van der Waals surface area contributed by atoms with Gasteiger partial charge in [-0.1, -0.05) is 24.3 Å². The minimum atomic E-state index is -1.27. The second-order valence-electron chi connectivity index (χ2n) is 7.31. The number of carbonyl (C=O) groups excluding carboxylic acids is 2. The summed E-state index contributed by atoms with van der Waals surface area (Å²) in [6, 6.07) is 10.8. The summed E-state index contributed by atoms with van der Waals surface area (Å²) >= 11 is 0. The van der Waals surface area contributed by atoms with Crippen LogP contribution in [0.15, 0.2) is 42.5 Å². The molecule has 7 nitrogen and oxygen atoms in total. The second kappa shape index (κ2) is 8.62. The van der Waals surface area contributed by atoms with Gasteiger partial charge in [0.05, 0.1) is 42.6 Å². The molecule has 0 saturated carbocycles. The number of nitrogens with one attached hydrogen (secondary N) is 1. The third kappa shape index (κ3) is 4.33. The highest BCUT2D eigenvalue weighted by molar-refractivity contribution is 5.91. The molecule has 3 aromatic rings. The predicted molar refractivity (Wildman–Crippen MR) is 105 cm³/mol. The van der Waals surface area contributed by atoms with Gasteiger partial charge in [0.25, 0.3) is 0 Å². The lowest BCUT2D eigenvalue weighted by Gasteiger charge is -2.15. The number of hydrogen-bond acceptors (Lipinski definition) is 5. The number of carbonyl (C=O) groups is 2. The molecule has 1 amide bonds. The zero-order chi connectivity index (χ0) is 21.1. The Morgan fingerprint density at radius 3 is 2.83 bits per heavy atom. The molecule has 0 bridgehead atoms. The SMILES string of the molecule is O=C(Cc1ccccc1F)NCc1nc2cc(C(=O)[O-])ccc2n1C[C@H]1CCCO1. The van der Waals surface area contributed by atoms with Crippen LogP contribution in [0.2, 0.25) is 0 Å². The fraction of sp³-hybridized carbons (Fsp3) is 0.318. The van der Waals surface area contributed by atoms with Crippen LogP contribution in [0.4, 0.5) is 4.39 Å².